The van der Waals surface area contributed by atoms with Gasteiger partial charge in [0.1, 0.15) is 12.4 Å². The molecule has 0 N–H and O–H groups in total. The van der Waals surface area contributed by atoms with Gasteiger partial charge in [0.25, 0.3) is 0 Å². The second-order valence-corrected chi connectivity index (χ2v) is 6.84. The number of hydrogen-bond acceptors (Lipinski definition) is 2. The first-order chi connectivity index (χ1) is 12.6. The molecule has 0 unspecified atom stereocenters. The molecule has 1 amide bonds. The topological polar surface area (TPSA) is 38.1 Å². The second-order valence-electron chi connectivity index (χ2n) is 6.40. The van der Waals surface area contributed by atoms with Crippen LogP contribution in [0.1, 0.15) is 26.7 Å². The highest BCUT2D eigenvalue weighted by atomic mass is 35.5. The van der Waals surface area contributed by atoms with E-state index < -0.39 is 0 Å². The Hall–Kier alpha value is -2.33. The lowest BCUT2D eigenvalue weighted by Crippen LogP contribution is -2.35. The van der Waals surface area contributed by atoms with Crippen molar-refractivity contribution in [3.05, 3.63) is 53.6 Å². The quantitative estimate of drug-likeness (QED) is 0.587. The number of para-hydroxylation sites is 2. The fourth-order valence-corrected chi connectivity index (χ4v) is 3.41. The molecule has 0 saturated carbocycles. The van der Waals surface area contributed by atoms with E-state index in [2.05, 4.69) is 13.8 Å². The lowest BCUT2D eigenvalue weighted by Gasteiger charge is -2.22. The van der Waals surface area contributed by atoms with Crippen molar-refractivity contribution in [1.82, 2.24) is 14.5 Å². The van der Waals surface area contributed by atoms with Crippen LogP contribution in [-0.4, -0.2) is 33.4 Å². The van der Waals surface area contributed by atoms with E-state index in [1.54, 1.807) is 0 Å². The van der Waals surface area contributed by atoms with E-state index in [0.29, 0.717) is 5.02 Å². The normalized spacial score (nSPS) is 11.0. The average molecular weight is 370 g/mol. The van der Waals surface area contributed by atoms with Gasteiger partial charge in [-0.25, -0.2) is 4.98 Å². The van der Waals surface area contributed by atoms with Crippen LogP contribution in [0.3, 0.4) is 0 Å². The first-order valence-electron chi connectivity index (χ1n) is 9.13. The number of imidazole rings is 1. The Kier molecular flexibility index (Phi) is 5.94. The third-order valence-corrected chi connectivity index (χ3v) is 4.61. The first-order valence-corrected chi connectivity index (χ1v) is 9.50. The van der Waals surface area contributed by atoms with E-state index >= 15 is 0 Å². The van der Waals surface area contributed by atoms with Gasteiger partial charge in [-0.2, -0.15) is 0 Å². The van der Waals surface area contributed by atoms with Gasteiger partial charge in [-0.3, -0.25) is 4.79 Å². The predicted octanol–water partition coefficient (Wildman–Crippen LogP) is 5.01. The molecule has 5 heteroatoms. The number of carbonyl (C=O) groups excluding carboxylic acids is 1. The fraction of sp³-hybridized carbons (Fsp3) is 0.333. The summed E-state index contributed by atoms with van der Waals surface area (Å²) in [7, 11) is 0. The lowest BCUT2D eigenvalue weighted by atomic mass is 10.2. The van der Waals surface area contributed by atoms with Gasteiger partial charge in [-0.15, -0.1) is 0 Å². The van der Waals surface area contributed by atoms with Crippen molar-refractivity contribution < 1.29 is 4.79 Å². The molecule has 0 aliphatic rings. The van der Waals surface area contributed by atoms with Gasteiger partial charge in [0.2, 0.25) is 5.91 Å². The van der Waals surface area contributed by atoms with Crippen LogP contribution in [0.4, 0.5) is 0 Å². The highest BCUT2D eigenvalue weighted by Gasteiger charge is 2.18. The largest absolute Gasteiger partial charge is 0.341 e. The molecule has 0 saturated heterocycles. The number of carbonyl (C=O) groups is 1. The maximum absolute atomic E-state index is 12.9. The Morgan fingerprint density at radius 2 is 1.81 bits per heavy atom. The van der Waals surface area contributed by atoms with Crippen LogP contribution in [0.25, 0.3) is 22.4 Å². The first kappa shape index (κ1) is 18.5. The van der Waals surface area contributed by atoms with E-state index in [1.165, 1.54) is 0 Å². The molecule has 26 heavy (non-hydrogen) atoms. The molecule has 1 aromatic heterocycles. The van der Waals surface area contributed by atoms with Gasteiger partial charge < -0.3 is 9.47 Å². The second kappa shape index (κ2) is 8.37. The fourth-order valence-electron chi connectivity index (χ4n) is 3.22. The zero-order valence-corrected chi connectivity index (χ0v) is 16.0. The Bertz CT molecular complexity index is 897. The lowest BCUT2D eigenvalue weighted by molar-refractivity contribution is -0.131. The summed E-state index contributed by atoms with van der Waals surface area (Å²) in [5, 5.41) is 0.658. The summed E-state index contributed by atoms with van der Waals surface area (Å²) < 4.78 is 2.00. The standard InChI is InChI=1S/C21H24ClN3O/c1-3-12-24(13-4-2)20(26)15-25-19-11-6-5-10-18(19)23-21(25)16-8-7-9-17(22)14-16/h5-11,14H,3-4,12-13,15H2,1-2H3. The molecular weight excluding hydrogens is 346 g/mol. The zero-order chi connectivity index (χ0) is 18.5. The van der Waals surface area contributed by atoms with Crippen LogP contribution in [0, 0.1) is 0 Å². The smallest absolute Gasteiger partial charge is 0.242 e. The SMILES string of the molecule is CCCN(CCC)C(=O)Cn1c(-c2cccc(Cl)c2)nc2ccccc21. The van der Waals surface area contributed by atoms with Crippen molar-refractivity contribution in [2.75, 3.05) is 13.1 Å². The highest BCUT2D eigenvalue weighted by Crippen LogP contribution is 2.26. The van der Waals surface area contributed by atoms with Gasteiger partial charge in [0.05, 0.1) is 11.0 Å². The number of benzene rings is 2. The summed E-state index contributed by atoms with van der Waals surface area (Å²) in [6.07, 6.45) is 1.91. The van der Waals surface area contributed by atoms with Gasteiger partial charge >= 0.3 is 0 Å². The monoisotopic (exact) mass is 369 g/mol. The van der Waals surface area contributed by atoms with Crippen molar-refractivity contribution in [1.29, 1.82) is 0 Å². The van der Waals surface area contributed by atoms with Gasteiger partial charge in [-0.05, 0) is 37.1 Å². The molecule has 3 rings (SSSR count). The molecule has 0 aliphatic carbocycles. The van der Waals surface area contributed by atoms with E-state index in [0.717, 1.165) is 48.4 Å². The minimum Gasteiger partial charge on any atom is -0.341 e. The maximum atomic E-state index is 12.9. The van der Waals surface area contributed by atoms with Crippen molar-refractivity contribution >= 4 is 28.5 Å². The third kappa shape index (κ3) is 3.91. The van der Waals surface area contributed by atoms with Crippen molar-refractivity contribution in [3.63, 3.8) is 0 Å². The summed E-state index contributed by atoms with van der Waals surface area (Å²) in [5.41, 5.74) is 2.76. The highest BCUT2D eigenvalue weighted by molar-refractivity contribution is 6.30. The Morgan fingerprint density at radius 3 is 2.50 bits per heavy atom. The minimum absolute atomic E-state index is 0.125. The molecule has 0 spiro atoms. The van der Waals surface area contributed by atoms with Crippen LogP contribution < -0.4 is 0 Å². The van der Waals surface area contributed by atoms with Crippen LogP contribution in [0.2, 0.25) is 5.02 Å². The van der Waals surface area contributed by atoms with Gasteiger partial charge in [-0.1, -0.05) is 49.7 Å². The molecule has 0 bridgehead atoms. The molecule has 2 aromatic carbocycles. The number of nitrogens with zero attached hydrogens (tertiary/aromatic N) is 3. The molecular formula is C21H24ClN3O. The summed E-state index contributed by atoms with van der Waals surface area (Å²) in [4.78, 5) is 19.6. The zero-order valence-electron chi connectivity index (χ0n) is 15.3. The van der Waals surface area contributed by atoms with Crippen molar-refractivity contribution in [3.8, 4) is 11.4 Å². The summed E-state index contributed by atoms with van der Waals surface area (Å²) in [5.74, 6) is 0.898. The number of fused-ring (bicyclic) bond motifs is 1. The molecule has 0 radical (unpaired) electrons. The Labute approximate surface area is 159 Å². The minimum atomic E-state index is 0.125. The van der Waals surface area contributed by atoms with E-state index in [-0.39, 0.29) is 12.5 Å². The molecule has 4 nitrogen and oxygen atoms in total. The van der Waals surface area contributed by atoms with E-state index in [4.69, 9.17) is 16.6 Å². The van der Waals surface area contributed by atoms with Crippen LogP contribution in [0.15, 0.2) is 48.5 Å². The Morgan fingerprint density at radius 1 is 1.08 bits per heavy atom. The Balaban J connectivity index is 2.03. The van der Waals surface area contributed by atoms with E-state index in [1.807, 2.05) is 58.0 Å². The van der Waals surface area contributed by atoms with Gasteiger partial charge in [0, 0.05) is 23.7 Å². The van der Waals surface area contributed by atoms with Crippen LogP contribution >= 0.6 is 11.6 Å². The molecule has 136 valence electrons. The van der Waals surface area contributed by atoms with Crippen molar-refractivity contribution in [2.24, 2.45) is 0 Å². The molecule has 0 atom stereocenters. The van der Waals surface area contributed by atoms with Crippen LogP contribution in [0.5, 0.6) is 0 Å². The third-order valence-electron chi connectivity index (χ3n) is 4.37. The molecule has 0 aliphatic heterocycles. The number of hydrogen-bond donors (Lipinski definition) is 0. The summed E-state index contributed by atoms with van der Waals surface area (Å²) in [6.45, 7) is 6.04. The predicted molar refractivity (Wildman–Crippen MR) is 107 cm³/mol. The number of aromatic nitrogens is 2. The molecule has 0 fully saturated rings. The number of halogens is 1. The number of amides is 1. The average Bonchev–Trinajstić information content (AvgIpc) is 3.00. The van der Waals surface area contributed by atoms with Gasteiger partial charge in [0.15, 0.2) is 0 Å². The van der Waals surface area contributed by atoms with Crippen LogP contribution in [-0.2, 0) is 11.3 Å². The van der Waals surface area contributed by atoms with E-state index in [9.17, 15) is 4.79 Å². The maximum Gasteiger partial charge on any atom is 0.242 e. The summed E-state index contributed by atoms with van der Waals surface area (Å²) in [6, 6.07) is 15.5. The molecule has 1 heterocycles. The summed E-state index contributed by atoms with van der Waals surface area (Å²) >= 11 is 6.17. The molecule has 3 aromatic rings. The number of rotatable bonds is 7. The van der Waals surface area contributed by atoms with Crippen molar-refractivity contribution in [2.45, 2.75) is 33.2 Å².